The van der Waals surface area contributed by atoms with E-state index >= 15 is 0 Å². The second kappa shape index (κ2) is 6.97. The van der Waals surface area contributed by atoms with E-state index in [4.69, 9.17) is 14.7 Å². The molecule has 0 aliphatic carbocycles. The van der Waals surface area contributed by atoms with Gasteiger partial charge in [-0.3, -0.25) is 0 Å². The molecule has 1 aliphatic rings. The van der Waals surface area contributed by atoms with Crippen molar-refractivity contribution >= 4 is 0 Å². The van der Waals surface area contributed by atoms with Crippen molar-refractivity contribution in [3.8, 4) is 17.6 Å². The Labute approximate surface area is 130 Å². The molecule has 2 aromatic carbocycles. The fourth-order valence-electron chi connectivity index (χ4n) is 2.42. The van der Waals surface area contributed by atoms with Gasteiger partial charge in [0.05, 0.1) is 24.8 Å². The van der Waals surface area contributed by atoms with Crippen LogP contribution in [0.3, 0.4) is 0 Å². The lowest BCUT2D eigenvalue weighted by molar-refractivity contribution is 0.297. The number of ether oxygens (including phenoxy) is 2. The lowest BCUT2D eigenvalue weighted by Crippen LogP contribution is -2.12. The Kier molecular flexibility index (Phi) is 4.57. The number of benzene rings is 2. The summed E-state index contributed by atoms with van der Waals surface area (Å²) in [6.07, 6.45) is 0.914. The summed E-state index contributed by atoms with van der Waals surface area (Å²) >= 11 is 0. The highest BCUT2D eigenvalue weighted by Gasteiger charge is 2.10. The molecule has 0 radical (unpaired) electrons. The fourth-order valence-corrected chi connectivity index (χ4v) is 2.42. The fraction of sp³-hybridized carbons (Fsp3) is 0.278. The number of hydrogen-bond acceptors (Lipinski definition) is 4. The summed E-state index contributed by atoms with van der Waals surface area (Å²) in [5.41, 5.74) is 2.95. The summed E-state index contributed by atoms with van der Waals surface area (Å²) in [6, 6.07) is 15.8. The molecule has 0 saturated heterocycles. The van der Waals surface area contributed by atoms with E-state index in [1.165, 1.54) is 0 Å². The largest absolute Gasteiger partial charge is 0.490 e. The Morgan fingerprint density at radius 1 is 0.955 bits per heavy atom. The van der Waals surface area contributed by atoms with Gasteiger partial charge in [-0.25, -0.2) is 0 Å². The molecule has 4 nitrogen and oxygen atoms in total. The summed E-state index contributed by atoms with van der Waals surface area (Å²) in [6.45, 7) is 2.88. The summed E-state index contributed by atoms with van der Waals surface area (Å²) < 4.78 is 11.3. The molecular weight excluding hydrogens is 276 g/mol. The highest BCUT2D eigenvalue weighted by atomic mass is 16.5. The standard InChI is InChI=1S/C18H18N2O2/c19-11-14-3-1-4-15(9-14)12-20-13-16-5-6-17-18(10-16)22-8-2-7-21-17/h1,3-6,9-10,20H,2,7-8,12-13H2. The number of rotatable bonds is 4. The van der Waals surface area contributed by atoms with Crippen molar-refractivity contribution in [3.63, 3.8) is 0 Å². The molecule has 0 spiro atoms. The normalized spacial score (nSPS) is 13.2. The monoisotopic (exact) mass is 294 g/mol. The first-order valence-corrected chi connectivity index (χ1v) is 7.43. The van der Waals surface area contributed by atoms with Crippen LogP contribution in [0.15, 0.2) is 42.5 Å². The topological polar surface area (TPSA) is 54.3 Å². The molecule has 22 heavy (non-hydrogen) atoms. The molecule has 4 heteroatoms. The summed E-state index contributed by atoms with van der Waals surface area (Å²) in [5.74, 6) is 1.64. The van der Waals surface area contributed by atoms with Gasteiger partial charge in [-0.2, -0.15) is 5.26 Å². The Bertz CT molecular complexity index is 692. The molecule has 0 unspecified atom stereocenters. The van der Waals surface area contributed by atoms with Crippen molar-refractivity contribution in [2.45, 2.75) is 19.5 Å². The molecule has 1 heterocycles. The number of fused-ring (bicyclic) bond motifs is 1. The zero-order valence-corrected chi connectivity index (χ0v) is 12.3. The van der Waals surface area contributed by atoms with Gasteiger partial charge < -0.3 is 14.8 Å². The van der Waals surface area contributed by atoms with Gasteiger partial charge in [-0.1, -0.05) is 18.2 Å². The van der Waals surface area contributed by atoms with E-state index in [1.54, 1.807) is 0 Å². The quantitative estimate of drug-likeness (QED) is 0.941. The van der Waals surface area contributed by atoms with Gasteiger partial charge in [0.15, 0.2) is 11.5 Å². The highest BCUT2D eigenvalue weighted by Crippen LogP contribution is 2.30. The molecule has 1 aliphatic heterocycles. The molecule has 0 saturated carbocycles. The Morgan fingerprint density at radius 3 is 2.55 bits per heavy atom. The zero-order chi connectivity index (χ0) is 15.2. The second-order valence-electron chi connectivity index (χ2n) is 5.25. The van der Waals surface area contributed by atoms with Crippen LogP contribution in [0.2, 0.25) is 0 Å². The maximum atomic E-state index is 8.90. The molecule has 1 N–H and O–H groups in total. The van der Waals surface area contributed by atoms with E-state index in [9.17, 15) is 0 Å². The summed E-state index contributed by atoms with van der Waals surface area (Å²) in [7, 11) is 0. The van der Waals surface area contributed by atoms with E-state index in [2.05, 4.69) is 11.4 Å². The molecule has 0 amide bonds. The third-order valence-corrected chi connectivity index (χ3v) is 3.53. The van der Waals surface area contributed by atoms with Gasteiger partial charge in [0.2, 0.25) is 0 Å². The lowest BCUT2D eigenvalue weighted by Gasteiger charge is -2.10. The first kappa shape index (κ1) is 14.4. The van der Waals surface area contributed by atoms with Crippen molar-refractivity contribution in [1.29, 1.82) is 5.26 Å². The van der Waals surface area contributed by atoms with E-state index in [0.29, 0.717) is 18.8 Å². The molecule has 0 fully saturated rings. The van der Waals surface area contributed by atoms with E-state index in [1.807, 2.05) is 42.5 Å². The molecule has 0 atom stereocenters. The number of nitriles is 1. The Hall–Kier alpha value is -2.51. The number of nitrogens with one attached hydrogen (secondary N) is 1. The van der Waals surface area contributed by atoms with Crippen LogP contribution in [0.4, 0.5) is 0 Å². The molecular formula is C18H18N2O2. The molecule has 112 valence electrons. The minimum Gasteiger partial charge on any atom is -0.490 e. The van der Waals surface area contributed by atoms with Crippen LogP contribution in [0.5, 0.6) is 11.5 Å². The molecule has 3 rings (SSSR count). The van der Waals surface area contributed by atoms with Crippen LogP contribution >= 0.6 is 0 Å². The first-order valence-electron chi connectivity index (χ1n) is 7.43. The van der Waals surface area contributed by atoms with Gasteiger partial charge in [0.1, 0.15) is 0 Å². The van der Waals surface area contributed by atoms with Gasteiger partial charge in [-0.15, -0.1) is 0 Å². The summed E-state index contributed by atoms with van der Waals surface area (Å²) in [4.78, 5) is 0. The van der Waals surface area contributed by atoms with Crippen molar-refractivity contribution < 1.29 is 9.47 Å². The van der Waals surface area contributed by atoms with Crippen LogP contribution < -0.4 is 14.8 Å². The maximum Gasteiger partial charge on any atom is 0.161 e. The van der Waals surface area contributed by atoms with Crippen LogP contribution in [-0.2, 0) is 13.1 Å². The number of hydrogen-bond donors (Lipinski definition) is 1. The van der Waals surface area contributed by atoms with E-state index in [0.717, 1.165) is 42.1 Å². The predicted octanol–water partition coefficient (Wildman–Crippen LogP) is 3.01. The first-order chi connectivity index (χ1) is 10.8. The minimum absolute atomic E-state index is 0.690. The Balaban J connectivity index is 1.59. The molecule has 2 aromatic rings. The van der Waals surface area contributed by atoms with E-state index in [-0.39, 0.29) is 0 Å². The van der Waals surface area contributed by atoms with E-state index < -0.39 is 0 Å². The third-order valence-electron chi connectivity index (χ3n) is 3.53. The zero-order valence-electron chi connectivity index (χ0n) is 12.3. The maximum absolute atomic E-state index is 8.90. The molecule has 0 aromatic heterocycles. The SMILES string of the molecule is N#Cc1cccc(CNCc2ccc3c(c2)OCCCO3)c1. The van der Waals surface area contributed by atoms with Crippen LogP contribution in [-0.4, -0.2) is 13.2 Å². The summed E-state index contributed by atoms with van der Waals surface area (Å²) in [5, 5.41) is 12.3. The average Bonchev–Trinajstić information content (AvgIpc) is 2.80. The van der Waals surface area contributed by atoms with Crippen molar-refractivity contribution in [3.05, 3.63) is 59.2 Å². The molecule has 0 bridgehead atoms. The second-order valence-corrected chi connectivity index (χ2v) is 5.25. The van der Waals surface area contributed by atoms with Crippen molar-refractivity contribution in [2.24, 2.45) is 0 Å². The Morgan fingerprint density at radius 2 is 1.73 bits per heavy atom. The average molecular weight is 294 g/mol. The third kappa shape index (κ3) is 3.57. The van der Waals surface area contributed by atoms with Crippen LogP contribution in [0, 0.1) is 11.3 Å². The van der Waals surface area contributed by atoms with Crippen LogP contribution in [0.25, 0.3) is 0 Å². The number of nitrogens with zero attached hydrogens (tertiary/aromatic N) is 1. The van der Waals surface area contributed by atoms with Gasteiger partial charge in [-0.05, 0) is 35.4 Å². The van der Waals surface area contributed by atoms with Gasteiger partial charge >= 0.3 is 0 Å². The van der Waals surface area contributed by atoms with Crippen LogP contribution in [0.1, 0.15) is 23.1 Å². The van der Waals surface area contributed by atoms with Crippen molar-refractivity contribution in [2.75, 3.05) is 13.2 Å². The minimum atomic E-state index is 0.690. The van der Waals surface area contributed by atoms with Crippen molar-refractivity contribution in [1.82, 2.24) is 5.32 Å². The van der Waals surface area contributed by atoms with Gasteiger partial charge in [0.25, 0.3) is 0 Å². The van der Waals surface area contributed by atoms with Gasteiger partial charge in [0, 0.05) is 19.5 Å². The smallest absolute Gasteiger partial charge is 0.161 e. The highest BCUT2D eigenvalue weighted by molar-refractivity contribution is 5.43. The predicted molar refractivity (Wildman–Crippen MR) is 83.7 cm³/mol. The lowest BCUT2D eigenvalue weighted by atomic mass is 10.1.